The Hall–Kier alpha value is -2.16. The summed E-state index contributed by atoms with van der Waals surface area (Å²) in [6.45, 7) is 1.62. The number of carbonyl (C=O) groups excluding carboxylic acids is 1. The van der Waals surface area contributed by atoms with Gasteiger partial charge in [-0.25, -0.2) is 4.98 Å². The Balaban J connectivity index is 0.00000156. The van der Waals surface area contributed by atoms with Crippen LogP contribution in [-0.2, 0) is 0 Å². The van der Waals surface area contributed by atoms with Crippen molar-refractivity contribution in [3.8, 4) is 5.69 Å². The highest BCUT2D eigenvalue weighted by atomic mass is 35.5. The molecule has 1 aromatic heterocycles. The number of carbonyl (C=O) groups is 1. The molecule has 25 heavy (non-hydrogen) atoms. The Morgan fingerprint density at radius 2 is 2.20 bits per heavy atom. The Bertz CT molecular complexity index is 733. The molecule has 1 unspecified atom stereocenters. The molecule has 1 amide bonds. The number of nitrogens with one attached hydrogen (secondary N) is 1. The number of amides is 1. The van der Waals surface area contributed by atoms with E-state index in [1.165, 1.54) is 12.4 Å². The molecule has 1 aliphatic rings. The number of rotatable bonds is 4. The number of likely N-dealkylation sites (N-methyl/N-ethyl adjacent to an activating group) is 1. The van der Waals surface area contributed by atoms with E-state index in [4.69, 9.17) is 0 Å². The normalized spacial score (nSPS) is 15.8. The van der Waals surface area contributed by atoms with Crippen LogP contribution < -0.4 is 5.32 Å². The summed E-state index contributed by atoms with van der Waals surface area (Å²) in [5.41, 5.74) is 0.580. The van der Waals surface area contributed by atoms with E-state index in [-0.39, 0.29) is 42.5 Å². The summed E-state index contributed by atoms with van der Waals surface area (Å²) in [7, 11) is 1.73. The van der Waals surface area contributed by atoms with Gasteiger partial charge in [-0.3, -0.25) is 14.9 Å². The average molecular weight is 388 g/mol. The number of aromatic nitrogens is 2. The summed E-state index contributed by atoms with van der Waals surface area (Å²) in [4.78, 5) is 29.0. The molecule has 136 valence electrons. The van der Waals surface area contributed by atoms with Gasteiger partial charge in [0, 0.05) is 43.7 Å². The van der Waals surface area contributed by atoms with Crippen LogP contribution in [-0.4, -0.2) is 51.5 Å². The molecule has 1 N–H and O–H groups in total. The Morgan fingerprint density at radius 3 is 2.76 bits per heavy atom. The first-order valence-corrected chi connectivity index (χ1v) is 7.32. The lowest BCUT2D eigenvalue weighted by Gasteiger charge is -2.23. The number of nitro benzene ring substituents is 1. The number of hydrogen-bond donors (Lipinski definition) is 1. The number of hydrogen-bond acceptors (Lipinski definition) is 5. The van der Waals surface area contributed by atoms with Crippen molar-refractivity contribution < 1.29 is 9.72 Å². The van der Waals surface area contributed by atoms with Crippen LogP contribution in [0.4, 0.5) is 5.69 Å². The Labute approximate surface area is 157 Å². The summed E-state index contributed by atoms with van der Waals surface area (Å²) in [6, 6.07) is 4.64. The van der Waals surface area contributed by atoms with Gasteiger partial charge in [0.05, 0.1) is 11.3 Å². The van der Waals surface area contributed by atoms with Gasteiger partial charge < -0.3 is 14.8 Å². The molecule has 0 spiro atoms. The molecule has 1 saturated heterocycles. The maximum atomic E-state index is 12.6. The SMILES string of the molecule is CN(C(=O)c1ccc(-n2ccnc2)c([N+](=O)[O-])c1)C1CCNC1.Cl.Cl. The highest BCUT2D eigenvalue weighted by molar-refractivity contribution is 5.95. The third kappa shape index (κ3) is 4.28. The summed E-state index contributed by atoms with van der Waals surface area (Å²) in [5, 5.41) is 14.6. The second kappa shape index (κ2) is 8.80. The van der Waals surface area contributed by atoms with E-state index in [0.29, 0.717) is 11.3 Å². The monoisotopic (exact) mass is 387 g/mol. The summed E-state index contributed by atoms with van der Waals surface area (Å²) < 4.78 is 1.55. The van der Waals surface area contributed by atoms with Crippen molar-refractivity contribution in [1.29, 1.82) is 0 Å². The van der Waals surface area contributed by atoms with Crippen molar-refractivity contribution in [3.05, 3.63) is 52.6 Å². The van der Waals surface area contributed by atoms with Crippen LogP contribution in [0, 0.1) is 10.1 Å². The summed E-state index contributed by atoms with van der Waals surface area (Å²) in [6.07, 6.45) is 5.54. The second-order valence-corrected chi connectivity index (χ2v) is 5.49. The van der Waals surface area contributed by atoms with Crippen LogP contribution in [0.5, 0.6) is 0 Å². The molecular weight excluding hydrogens is 369 g/mol. The van der Waals surface area contributed by atoms with E-state index in [2.05, 4.69) is 10.3 Å². The second-order valence-electron chi connectivity index (χ2n) is 5.49. The van der Waals surface area contributed by atoms with Crippen molar-refractivity contribution in [2.45, 2.75) is 12.5 Å². The van der Waals surface area contributed by atoms with Crippen LogP contribution in [0.25, 0.3) is 5.69 Å². The van der Waals surface area contributed by atoms with Gasteiger partial charge in [-0.2, -0.15) is 0 Å². The maximum absolute atomic E-state index is 12.6. The van der Waals surface area contributed by atoms with Gasteiger partial charge in [-0.05, 0) is 25.1 Å². The molecule has 1 aliphatic heterocycles. The van der Waals surface area contributed by atoms with Gasteiger partial charge >= 0.3 is 0 Å². The van der Waals surface area contributed by atoms with Crippen LogP contribution in [0.15, 0.2) is 36.9 Å². The lowest BCUT2D eigenvalue weighted by atomic mass is 10.1. The van der Waals surface area contributed by atoms with Crippen molar-refractivity contribution in [2.24, 2.45) is 0 Å². The predicted octanol–water partition coefficient (Wildman–Crippen LogP) is 2.06. The van der Waals surface area contributed by atoms with E-state index >= 15 is 0 Å². The third-order valence-electron chi connectivity index (χ3n) is 4.10. The molecule has 2 aromatic rings. The lowest BCUT2D eigenvalue weighted by molar-refractivity contribution is -0.384. The zero-order chi connectivity index (χ0) is 16.4. The zero-order valence-electron chi connectivity index (χ0n) is 13.5. The van der Waals surface area contributed by atoms with E-state index in [1.54, 1.807) is 41.0 Å². The summed E-state index contributed by atoms with van der Waals surface area (Å²) >= 11 is 0. The van der Waals surface area contributed by atoms with Gasteiger partial charge in [0.25, 0.3) is 11.6 Å². The highest BCUT2D eigenvalue weighted by Gasteiger charge is 2.26. The third-order valence-corrected chi connectivity index (χ3v) is 4.10. The first-order chi connectivity index (χ1) is 11.1. The van der Waals surface area contributed by atoms with Crippen molar-refractivity contribution in [2.75, 3.05) is 20.1 Å². The molecular formula is C15H19Cl2N5O3. The summed E-state index contributed by atoms with van der Waals surface area (Å²) in [5.74, 6) is -0.209. The molecule has 10 heteroatoms. The lowest BCUT2D eigenvalue weighted by Crippen LogP contribution is -2.38. The minimum atomic E-state index is -0.483. The number of benzene rings is 1. The fourth-order valence-electron chi connectivity index (χ4n) is 2.76. The molecule has 8 nitrogen and oxygen atoms in total. The average Bonchev–Trinajstić information content (AvgIpc) is 3.25. The highest BCUT2D eigenvalue weighted by Crippen LogP contribution is 2.25. The molecule has 1 aromatic carbocycles. The van der Waals surface area contributed by atoms with Gasteiger partial charge in [-0.1, -0.05) is 0 Å². The smallest absolute Gasteiger partial charge is 0.294 e. The fraction of sp³-hybridized carbons (Fsp3) is 0.333. The van der Waals surface area contributed by atoms with Crippen molar-refractivity contribution in [1.82, 2.24) is 19.8 Å². The minimum absolute atomic E-state index is 0. The standard InChI is InChI=1S/C15H17N5O3.2ClH/c1-18(12-4-5-16-9-12)15(21)11-2-3-13(14(8-11)20(22)23)19-7-6-17-10-19;;/h2-3,6-8,10,12,16H,4-5,9H2,1H3;2*1H. The van der Waals surface area contributed by atoms with Gasteiger partial charge in [0.1, 0.15) is 5.69 Å². The van der Waals surface area contributed by atoms with E-state index in [1.807, 2.05) is 0 Å². The van der Waals surface area contributed by atoms with Crippen molar-refractivity contribution >= 4 is 36.4 Å². The number of nitro groups is 1. The topological polar surface area (TPSA) is 93.3 Å². The first kappa shape index (κ1) is 20.9. The fourth-order valence-corrected chi connectivity index (χ4v) is 2.76. The molecule has 0 saturated carbocycles. The first-order valence-electron chi connectivity index (χ1n) is 7.32. The quantitative estimate of drug-likeness (QED) is 0.639. The molecule has 2 heterocycles. The molecule has 0 aliphatic carbocycles. The van der Waals surface area contributed by atoms with Gasteiger partial charge in [0.2, 0.25) is 0 Å². The van der Waals surface area contributed by atoms with Crippen molar-refractivity contribution in [3.63, 3.8) is 0 Å². The van der Waals surface area contributed by atoms with Gasteiger partial charge in [-0.15, -0.1) is 24.8 Å². The molecule has 0 bridgehead atoms. The largest absolute Gasteiger partial charge is 0.337 e. The minimum Gasteiger partial charge on any atom is -0.337 e. The van der Waals surface area contributed by atoms with E-state index < -0.39 is 4.92 Å². The van der Waals surface area contributed by atoms with E-state index in [0.717, 1.165) is 19.5 Å². The molecule has 3 rings (SSSR count). The van der Waals surface area contributed by atoms with E-state index in [9.17, 15) is 14.9 Å². The Morgan fingerprint density at radius 1 is 1.44 bits per heavy atom. The Kier molecular flexibility index (Phi) is 7.35. The number of halogens is 2. The maximum Gasteiger partial charge on any atom is 0.294 e. The molecule has 0 radical (unpaired) electrons. The molecule has 1 atom stereocenters. The van der Waals surface area contributed by atoms with Gasteiger partial charge in [0.15, 0.2) is 0 Å². The van der Waals surface area contributed by atoms with Crippen LogP contribution in [0.1, 0.15) is 16.8 Å². The van der Waals surface area contributed by atoms with Crippen LogP contribution in [0.3, 0.4) is 0 Å². The zero-order valence-corrected chi connectivity index (χ0v) is 15.1. The number of imidazole rings is 1. The number of nitrogens with zero attached hydrogens (tertiary/aromatic N) is 4. The predicted molar refractivity (Wildman–Crippen MR) is 98.1 cm³/mol. The van der Waals surface area contributed by atoms with Crippen LogP contribution in [0.2, 0.25) is 0 Å². The van der Waals surface area contributed by atoms with Crippen LogP contribution >= 0.6 is 24.8 Å². The molecule has 1 fully saturated rings.